The summed E-state index contributed by atoms with van der Waals surface area (Å²) in [7, 11) is 0. The molecular formula is C13H13N3O3. The Morgan fingerprint density at radius 1 is 1.37 bits per heavy atom. The summed E-state index contributed by atoms with van der Waals surface area (Å²) < 4.78 is 0. The maximum Gasteiger partial charge on any atom is 0.342 e. The first-order chi connectivity index (χ1) is 8.97. The normalized spacial score (nSPS) is 10.2. The maximum absolute atomic E-state index is 11.5. The lowest BCUT2D eigenvalue weighted by Gasteiger charge is -2.09. The molecule has 98 valence electrons. The van der Waals surface area contributed by atoms with Gasteiger partial charge in [-0.1, -0.05) is 12.1 Å². The van der Waals surface area contributed by atoms with Crippen LogP contribution in [0.25, 0.3) is 0 Å². The van der Waals surface area contributed by atoms with Gasteiger partial charge in [-0.05, 0) is 31.0 Å². The third-order valence-corrected chi connectivity index (χ3v) is 2.68. The van der Waals surface area contributed by atoms with Crippen LogP contribution in [0.1, 0.15) is 21.5 Å². The lowest BCUT2D eigenvalue weighted by molar-refractivity contribution is 0.0694. The van der Waals surface area contributed by atoms with E-state index in [2.05, 4.69) is 15.3 Å². The van der Waals surface area contributed by atoms with E-state index in [0.717, 1.165) is 23.0 Å². The van der Waals surface area contributed by atoms with Crippen molar-refractivity contribution < 1.29 is 9.90 Å². The van der Waals surface area contributed by atoms with E-state index in [1.807, 2.05) is 32.0 Å². The molecule has 3 N–H and O–H groups in total. The number of H-pyrrole nitrogens is 1. The van der Waals surface area contributed by atoms with Gasteiger partial charge in [0.05, 0.1) is 6.20 Å². The number of carbonyl (C=O) groups is 1. The zero-order chi connectivity index (χ0) is 14.0. The van der Waals surface area contributed by atoms with Crippen molar-refractivity contribution in [2.45, 2.75) is 13.8 Å². The van der Waals surface area contributed by atoms with E-state index >= 15 is 0 Å². The lowest BCUT2D eigenvalue weighted by Crippen LogP contribution is -2.19. The first kappa shape index (κ1) is 12.8. The number of carboxylic acid groups (broad SMARTS) is 1. The van der Waals surface area contributed by atoms with Crippen LogP contribution in [0.2, 0.25) is 0 Å². The molecule has 1 aromatic heterocycles. The van der Waals surface area contributed by atoms with Crippen LogP contribution in [0.4, 0.5) is 11.6 Å². The van der Waals surface area contributed by atoms with Gasteiger partial charge in [-0.25, -0.2) is 9.78 Å². The Bertz CT molecular complexity index is 692. The van der Waals surface area contributed by atoms with Gasteiger partial charge in [0.25, 0.3) is 5.56 Å². The average Bonchev–Trinajstić information content (AvgIpc) is 2.33. The highest BCUT2D eigenvalue weighted by atomic mass is 16.4. The number of aromatic amines is 1. The summed E-state index contributed by atoms with van der Waals surface area (Å²) in [5, 5.41) is 11.7. The first-order valence-electron chi connectivity index (χ1n) is 5.64. The Hall–Kier alpha value is -2.63. The highest BCUT2D eigenvalue weighted by Gasteiger charge is 2.10. The minimum atomic E-state index is -1.30. The minimum Gasteiger partial charge on any atom is -0.477 e. The van der Waals surface area contributed by atoms with E-state index in [1.54, 1.807) is 0 Å². The minimum absolute atomic E-state index is 0.212. The van der Waals surface area contributed by atoms with Crippen molar-refractivity contribution >= 4 is 17.6 Å². The monoisotopic (exact) mass is 259 g/mol. The molecule has 0 saturated heterocycles. The van der Waals surface area contributed by atoms with Gasteiger partial charge < -0.3 is 10.4 Å². The summed E-state index contributed by atoms with van der Waals surface area (Å²) in [5.41, 5.74) is 1.81. The SMILES string of the molecule is Cc1ccc(C)c(Nc2ncc(C(=O)O)c(=O)[nH]2)c1. The Kier molecular flexibility index (Phi) is 3.33. The van der Waals surface area contributed by atoms with Crippen molar-refractivity contribution in [3.63, 3.8) is 0 Å². The number of carboxylic acids is 1. The fourth-order valence-electron chi connectivity index (χ4n) is 1.61. The van der Waals surface area contributed by atoms with E-state index in [1.165, 1.54) is 0 Å². The number of anilines is 2. The fourth-order valence-corrected chi connectivity index (χ4v) is 1.61. The van der Waals surface area contributed by atoms with Crippen molar-refractivity contribution in [3.05, 3.63) is 51.4 Å². The molecule has 6 nitrogen and oxygen atoms in total. The number of benzene rings is 1. The lowest BCUT2D eigenvalue weighted by atomic mass is 10.1. The third-order valence-electron chi connectivity index (χ3n) is 2.68. The number of rotatable bonds is 3. The number of aromatic nitrogens is 2. The van der Waals surface area contributed by atoms with Crippen molar-refractivity contribution in [1.29, 1.82) is 0 Å². The number of aromatic carboxylic acids is 1. The molecule has 0 unspecified atom stereocenters. The van der Waals surface area contributed by atoms with Gasteiger partial charge in [0.15, 0.2) is 0 Å². The van der Waals surface area contributed by atoms with Crippen LogP contribution in [0, 0.1) is 13.8 Å². The van der Waals surface area contributed by atoms with Gasteiger partial charge in [0, 0.05) is 5.69 Å². The molecule has 0 atom stereocenters. The molecule has 0 saturated carbocycles. The Balaban J connectivity index is 2.34. The summed E-state index contributed by atoms with van der Waals surface area (Å²) in [6.45, 7) is 3.87. The second-order valence-corrected chi connectivity index (χ2v) is 4.22. The van der Waals surface area contributed by atoms with Gasteiger partial charge >= 0.3 is 5.97 Å². The predicted octanol–water partition coefficient (Wildman–Crippen LogP) is 1.83. The number of hydrogen-bond donors (Lipinski definition) is 3. The van der Waals surface area contributed by atoms with Crippen LogP contribution < -0.4 is 10.9 Å². The number of nitrogens with one attached hydrogen (secondary N) is 2. The van der Waals surface area contributed by atoms with Gasteiger partial charge in [0.1, 0.15) is 5.56 Å². The van der Waals surface area contributed by atoms with Gasteiger partial charge in [0.2, 0.25) is 5.95 Å². The van der Waals surface area contributed by atoms with Crippen molar-refractivity contribution in [2.24, 2.45) is 0 Å². The standard InChI is InChI=1S/C13H13N3O3/c1-7-3-4-8(2)10(5-7)15-13-14-6-9(12(18)19)11(17)16-13/h3-6H,1-2H3,(H,18,19)(H2,14,15,16,17). The molecule has 0 aliphatic rings. The highest BCUT2D eigenvalue weighted by molar-refractivity contribution is 5.86. The molecule has 0 radical (unpaired) electrons. The van der Waals surface area contributed by atoms with Gasteiger partial charge in [-0.15, -0.1) is 0 Å². The van der Waals surface area contributed by atoms with E-state index < -0.39 is 11.5 Å². The zero-order valence-corrected chi connectivity index (χ0v) is 10.5. The summed E-state index contributed by atoms with van der Waals surface area (Å²) in [6, 6.07) is 5.84. The molecule has 2 aromatic rings. The number of hydrogen-bond acceptors (Lipinski definition) is 4. The molecule has 1 heterocycles. The molecule has 0 fully saturated rings. The summed E-state index contributed by atoms with van der Waals surface area (Å²) >= 11 is 0. The van der Waals surface area contributed by atoms with Crippen LogP contribution in [0.15, 0.2) is 29.2 Å². The van der Waals surface area contributed by atoms with E-state index in [0.29, 0.717) is 0 Å². The molecule has 0 bridgehead atoms. The molecule has 0 amide bonds. The fraction of sp³-hybridized carbons (Fsp3) is 0.154. The summed E-state index contributed by atoms with van der Waals surface area (Å²) in [6.07, 6.45) is 1.04. The molecule has 2 rings (SSSR count). The van der Waals surface area contributed by atoms with E-state index in [4.69, 9.17) is 5.11 Å². The largest absolute Gasteiger partial charge is 0.477 e. The zero-order valence-electron chi connectivity index (χ0n) is 10.5. The smallest absolute Gasteiger partial charge is 0.342 e. The van der Waals surface area contributed by atoms with Crippen molar-refractivity contribution in [1.82, 2.24) is 9.97 Å². The Morgan fingerprint density at radius 2 is 2.11 bits per heavy atom. The topological polar surface area (TPSA) is 95.1 Å². The maximum atomic E-state index is 11.5. The molecule has 0 spiro atoms. The molecule has 0 aliphatic carbocycles. The number of aryl methyl sites for hydroxylation is 2. The molecule has 1 aromatic carbocycles. The molecule has 6 heteroatoms. The summed E-state index contributed by atoms with van der Waals surface area (Å²) in [4.78, 5) is 28.5. The number of nitrogens with zero attached hydrogens (tertiary/aromatic N) is 1. The van der Waals surface area contributed by atoms with Crippen LogP contribution in [-0.2, 0) is 0 Å². The van der Waals surface area contributed by atoms with Gasteiger partial charge in [-0.2, -0.15) is 0 Å². The third kappa shape index (κ3) is 2.79. The first-order valence-corrected chi connectivity index (χ1v) is 5.64. The predicted molar refractivity (Wildman–Crippen MR) is 71.0 cm³/mol. The van der Waals surface area contributed by atoms with Gasteiger partial charge in [-0.3, -0.25) is 9.78 Å². The quantitative estimate of drug-likeness (QED) is 0.781. The Morgan fingerprint density at radius 3 is 2.74 bits per heavy atom. The average molecular weight is 259 g/mol. The van der Waals surface area contributed by atoms with Crippen LogP contribution in [-0.4, -0.2) is 21.0 Å². The summed E-state index contributed by atoms with van der Waals surface area (Å²) in [5.74, 6) is -1.09. The highest BCUT2D eigenvalue weighted by Crippen LogP contribution is 2.18. The molecule has 19 heavy (non-hydrogen) atoms. The van der Waals surface area contributed by atoms with Crippen LogP contribution in [0.3, 0.4) is 0 Å². The molecule has 0 aliphatic heterocycles. The molecular weight excluding hydrogens is 246 g/mol. The second-order valence-electron chi connectivity index (χ2n) is 4.22. The van der Waals surface area contributed by atoms with E-state index in [-0.39, 0.29) is 11.5 Å². The van der Waals surface area contributed by atoms with Crippen LogP contribution >= 0.6 is 0 Å². The van der Waals surface area contributed by atoms with Crippen LogP contribution in [0.5, 0.6) is 0 Å². The van der Waals surface area contributed by atoms with Crippen molar-refractivity contribution in [3.8, 4) is 0 Å². The second kappa shape index (κ2) is 4.93. The van der Waals surface area contributed by atoms with Crippen molar-refractivity contribution in [2.75, 3.05) is 5.32 Å². The Labute approximate surface area is 109 Å². The van der Waals surface area contributed by atoms with E-state index in [9.17, 15) is 9.59 Å².